The van der Waals surface area contributed by atoms with E-state index in [0.29, 0.717) is 24.3 Å². The third kappa shape index (κ3) is 6.42. The van der Waals surface area contributed by atoms with Crippen LogP contribution in [0.4, 0.5) is 0 Å². The number of aliphatic imine (C=N–C) groups is 1. The third-order valence-corrected chi connectivity index (χ3v) is 3.68. The van der Waals surface area contributed by atoms with Gasteiger partial charge in [0.2, 0.25) is 0 Å². The fourth-order valence-electron chi connectivity index (χ4n) is 2.01. The molecule has 0 amide bonds. The molecule has 0 bridgehead atoms. The van der Waals surface area contributed by atoms with E-state index in [9.17, 15) is 5.11 Å². The minimum absolute atomic E-state index is 0. The summed E-state index contributed by atoms with van der Waals surface area (Å²) in [5, 5.41) is 16.5. The van der Waals surface area contributed by atoms with E-state index >= 15 is 0 Å². The Balaban J connectivity index is 0.00000441. The predicted molar refractivity (Wildman–Crippen MR) is 105 cm³/mol. The minimum atomic E-state index is 0. The molecule has 0 spiro atoms. The number of hydrogen-bond donors (Lipinski definition) is 3. The van der Waals surface area contributed by atoms with Crippen LogP contribution in [-0.4, -0.2) is 23.7 Å². The van der Waals surface area contributed by atoms with E-state index in [1.54, 1.807) is 0 Å². The number of hydrogen-bond acceptors (Lipinski definition) is 2. The molecule has 0 radical (unpaired) electrons. The Bertz CT molecular complexity index is 478. The van der Waals surface area contributed by atoms with E-state index in [1.807, 2.05) is 26.0 Å². The zero-order chi connectivity index (χ0) is 16.0. The molecule has 1 unspecified atom stereocenters. The lowest BCUT2D eigenvalue weighted by Gasteiger charge is -2.20. The predicted octanol–water partition coefficient (Wildman–Crippen LogP) is 3.73. The molecule has 0 heterocycles. The molecule has 0 aliphatic heterocycles. The Morgan fingerprint density at radius 3 is 2.18 bits per heavy atom. The van der Waals surface area contributed by atoms with Crippen LogP contribution in [0.3, 0.4) is 0 Å². The van der Waals surface area contributed by atoms with E-state index in [2.05, 4.69) is 43.3 Å². The molecule has 0 aliphatic rings. The first-order valence-electron chi connectivity index (χ1n) is 7.69. The highest BCUT2D eigenvalue weighted by atomic mass is 127. The van der Waals surface area contributed by atoms with Crippen LogP contribution in [-0.2, 0) is 6.54 Å². The van der Waals surface area contributed by atoms with Crippen molar-refractivity contribution in [3.63, 3.8) is 0 Å². The van der Waals surface area contributed by atoms with Crippen LogP contribution >= 0.6 is 24.0 Å². The van der Waals surface area contributed by atoms with E-state index in [1.165, 1.54) is 0 Å². The van der Waals surface area contributed by atoms with E-state index in [-0.39, 0.29) is 24.0 Å². The van der Waals surface area contributed by atoms with Gasteiger partial charge >= 0.3 is 0 Å². The fourth-order valence-corrected chi connectivity index (χ4v) is 2.01. The van der Waals surface area contributed by atoms with Gasteiger partial charge in [0.15, 0.2) is 5.96 Å². The van der Waals surface area contributed by atoms with Crippen LogP contribution < -0.4 is 10.6 Å². The monoisotopic (exact) mass is 419 g/mol. The van der Waals surface area contributed by atoms with Crippen LogP contribution in [0.25, 0.3) is 0 Å². The maximum atomic E-state index is 9.81. The largest absolute Gasteiger partial charge is 0.507 e. The number of phenols is 1. The second-order valence-corrected chi connectivity index (χ2v) is 5.95. The van der Waals surface area contributed by atoms with Gasteiger partial charge in [-0.1, -0.05) is 26.0 Å². The number of guanidine groups is 1. The first-order valence-corrected chi connectivity index (χ1v) is 7.69. The number of nitrogens with zero attached hydrogens (tertiary/aromatic N) is 1. The molecule has 1 rings (SSSR count). The normalized spacial score (nSPS) is 12.8. The van der Waals surface area contributed by atoms with Crippen molar-refractivity contribution >= 4 is 29.9 Å². The lowest BCUT2D eigenvalue weighted by atomic mass is 10.1. The van der Waals surface area contributed by atoms with Crippen LogP contribution in [0.2, 0.25) is 0 Å². The zero-order valence-electron chi connectivity index (χ0n) is 14.5. The van der Waals surface area contributed by atoms with Gasteiger partial charge in [0.25, 0.3) is 0 Å². The Kier molecular flexibility index (Phi) is 9.48. The fraction of sp³-hybridized carbons (Fsp3) is 0.588. The van der Waals surface area contributed by atoms with Gasteiger partial charge < -0.3 is 15.7 Å². The van der Waals surface area contributed by atoms with Crippen LogP contribution in [0.5, 0.6) is 5.75 Å². The summed E-state index contributed by atoms with van der Waals surface area (Å²) in [6.07, 6.45) is 0. The van der Waals surface area contributed by atoms with Crippen molar-refractivity contribution in [2.75, 3.05) is 6.54 Å². The molecule has 5 heteroatoms. The summed E-state index contributed by atoms with van der Waals surface area (Å²) in [6.45, 7) is 13.9. The van der Waals surface area contributed by atoms with Crippen molar-refractivity contribution in [3.8, 4) is 5.75 Å². The molecular formula is C17H30IN3O. The maximum absolute atomic E-state index is 9.81. The van der Waals surface area contributed by atoms with E-state index in [0.717, 1.165) is 29.2 Å². The molecular weight excluding hydrogens is 389 g/mol. The second-order valence-electron chi connectivity index (χ2n) is 5.95. The molecule has 0 fully saturated rings. The molecule has 1 atom stereocenters. The molecule has 0 saturated carbocycles. The first-order chi connectivity index (χ1) is 9.85. The molecule has 0 saturated heterocycles. The van der Waals surface area contributed by atoms with Gasteiger partial charge in [-0.15, -0.1) is 24.0 Å². The minimum Gasteiger partial charge on any atom is -0.507 e. The van der Waals surface area contributed by atoms with Gasteiger partial charge in [-0.3, -0.25) is 0 Å². The van der Waals surface area contributed by atoms with Crippen molar-refractivity contribution in [3.05, 3.63) is 28.8 Å². The highest BCUT2D eigenvalue weighted by molar-refractivity contribution is 14.0. The van der Waals surface area contributed by atoms with E-state index < -0.39 is 0 Å². The van der Waals surface area contributed by atoms with Crippen molar-refractivity contribution in [2.24, 2.45) is 10.9 Å². The molecule has 1 aromatic carbocycles. The van der Waals surface area contributed by atoms with Crippen molar-refractivity contribution in [1.82, 2.24) is 10.6 Å². The van der Waals surface area contributed by atoms with Crippen LogP contribution in [0, 0.1) is 19.8 Å². The maximum Gasteiger partial charge on any atom is 0.191 e. The smallest absolute Gasteiger partial charge is 0.191 e. The van der Waals surface area contributed by atoms with Gasteiger partial charge in [-0.2, -0.15) is 0 Å². The molecule has 0 aromatic heterocycles. The Labute approximate surface area is 151 Å². The molecule has 22 heavy (non-hydrogen) atoms. The summed E-state index contributed by atoms with van der Waals surface area (Å²) in [6, 6.07) is 4.34. The second kappa shape index (κ2) is 9.92. The SMILES string of the molecule is CCNC(=NCc1cc(C)c(O)c(C)c1)NC(C)C(C)C.I. The number of aromatic hydroxyl groups is 1. The van der Waals surface area contributed by atoms with Gasteiger partial charge in [-0.05, 0) is 50.3 Å². The molecule has 126 valence electrons. The molecule has 4 nitrogen and oxygen atoms in total. The van der Waals surface area contributed by atoms with Gasteiger partial charge in [0.05, 0.1) is 6.54 Å². The number of aryl methyl sites for hydroxylation is 2. The number of benzene rings is 1. The average molecular weight is 419 g/mol. The number of rotatable bonds is 5. The summed E-state index contributed by atoms with van der Waals surface area (Å²) in [7, 11) is 0. The Hall–Kier alpha value is -0.980. The van der Waals surface area contributed by atoms with Crippen LogP contribution in [0.1, 0.15) is 44.4 Å². The summed E-state index contributed by atoms with van der Waals surface area (Å²) >= 11 is 0. The quantitative estimate of drug-likeness (QED) is 0.387. The van der Waals surface area contributed by atoms with E-state index in [4.69, 9.17) is 0 Å². The Morgan fingerprint density at radius 2 is 1.73 bits per heavy atom. The number of halogens is 1. The first kappa shape index (κ1) is 21.0. The highest BCUT2D eigenvalue weighted by Crippen LogP contribution is 2.23. The van der Waals surface area contributed by atoms with Gasteiger partial charge in [-0.25, -0.2) is 4.99 Å². The van der Waals surface area contributed by atoms with Crippen molar-refractivity contribution in [1.29, 1.82) is 0 Å². The summed E-state index contributed by atoms with van der Waals surface area (Å²) in [4.78, 5) is 4.63. The summed E-state index contributed by atoms with van der Waals surface area (Å²) < 4.78 is 0. The molecule has 1 aromatic rings. The Morgan fingerprint density at radius 1 is 1.18 bits per heavy atom. The third-order valence-electron chi connectivity index (χ3n) is 3.68. The highest BCUT2D eigenvalue weighted by Gasteiger charge is 2.09. The zero-order valence-corrected chi connectivity index (χ0v) is 16.9. The lowest BCUT2D eigenvalue weighted by molar-refractivity contribution is 0.466. The van der Waals surface area contributed by atoms with Crippen molar-refractivity contribution in [2.45, 2.75) is 54.1 Å². The molecule has 3 N–H and O–H groups in total. The van der Waals surface area contributed by atoms with Gasteiger partial charge in [0.1, 0.15) is 5.75 Å². The van der Waals surface area contributed by atoms with Crippen LogP contribution in [0.15, 0.2) is 17.1 Å². The summed E-state index contributed by atoms with van der Waals surface area (Å²) in [5.41, 5.74) is 2.90. The summed E-state index contributed by atoms with van der Waals surface area (Å²) in [5.74, 6) is 1.76. The lowest BCUT2D eigenvalue weighted by Crippen LogP contribution is -2.44. The number of phenolic OH excluding ortho intramolecular Hbond substituents is 1. The van der Waals surface area contributed by atoms with Gasteiger partial charge in [0, 0.05) is 12.6 Å². The van der Waals surface area contributed by atoms with Crippen molar-refractivity contribution < 1.29 is 5.11 Å². The molecule has 0 aliphatic carbocycles. The average Bonchev–Trinajstić information content (AvgIpc) is 2.42. The number of nitrogens with one attached hydrogen (secondary N) is 2. The standard InChI is InChI=1S/C17H29N3O.HI/c1-7-18-17(20-14(6)11(2)3)19-10-15-8-12(4)16(21)13(5)9-15;/h8-9,11,14,21H,7,10H2,1-6H3,(H2,18,19,20);1H. The topological polar surface area (TPSA) is 56.7 Å².